The van der Waals surface area contributed by atoms with Gasteiger partial charge in [0.1, 0.15) is 0 Å². The molecule has 2 N–H and O–H groups in total. The third-order valence-corrected chi connectivity index (χ3v) is 5.47. The van der Waals surface area contributed by atoms with Crippen LogP contribution in [0.4, 0.5) is 18.9 Å². The summed E-state index contributed by atoms with van der Waals surface area (Å²) in [6, 6.07) is 11.0. The van der Waals surface area contributed by atoms with Crippen LogP contribution in [0.15, 0.2) is 48.5 Å². The summed E-state index contributed by atoms with van der Waals surface area (Å²) >= 11 is 0. The number of piperazine rings is 1. The Labute approximate surface area is 189 Å². The number of alkyl halides is 3. The van der Waals surface area contributed by atoms with Crippen LogP contribution >= 0.6 is 0 Å². The van der Waals surface area contributed by atoms with E-state index in [1.54, 1.807) is 23.1 Å². The van der Waals surface area contributed by atoms with Crippen molar-refractivity contribution in [2.24, 2.45) is 0 Å². The molecule has 1 aliphatic heterocycles. The molecule has 10 heteroatoms. The number of hydrogen-bond acceptors (Lipinski definition) is 4. The summed E-state index contributed by atoms with van der Waals surface area (Å²) in [6.45, 7) is 2.56. The minimum absolute atomic E-state index is 0.0480. The SMILES string of the molecule is CNC(=O)c1cccc([C@H]2CN(CC(=O)Nc3cccc(C(F)(F)F)c3)CCN2C(C)=O)c1. The first-order valence-corrected chi connectivity index (χ1v) is 10.4. The Bertz CT molecular complexity index is 1040. The first-order chi connectivity index (χ1) is 15.6. The van der Waals surface area contributed by atoms with Crippen LogP contribution in [0.1, 0.15) is 34.5 Å². The van der Waals surface area contributed by atoms with Crippen LogP contribution in [0, 0.1) is 0 Å². The van der Waals surface area contributed by atoms with Crippen molar-refractivity contribution in [2.75, 3.05) is 38.5 Å². The van der Waals surface area contributed by atoms with Gasteiger partial charge in [-0.05, 0) is 35.9 Å². The normalized spacial score (nSPS) is 16.9. The summed E-state index contributed by atoms with van der Waals surface area (Å²) in [4.78, 5) is 40.2. The van der Waals surface area contributed by atoms with Gasteiger partial charge in [-0.15, -0.1) is 0 Å². The van der Waals surface area contributed by atoms with Gasteiger partial charge in [-0.1, -0.05) is 18.2 Å². The third-order valence-electron chi connectivity index (χ3n) is 5.47. The molecule has 1 fully saturated rings. The van der Waals surface area contributed by atoms with E-state index in [1.165, 1.54) is 26.1 Å². The Balaban J connectivity index is 1.72. The van der Waals surface area contributed by atoms with Crippen molar-refractivity contribution in [3.05, 3.63) is 65.2 Å². The second kappa shape index (κ2) is 10.0. The summed E-state index contributed by atoms with van der Waals surface area (Å²) in [5.74, 6) is -0.832. The molecule has 7 nitrogen and oxygen atoms in total. The lowest BCUT2D eigenvalue weighted by Gasteiger charge is -2.41. The fraction of sp³-hybridized carbons (Fsp3) is 0.348. The predicted molar refractivity (Wildman–Crippen MR) is 116 cm³/mol. The van der Waals surface area contributed by atoms with Gasteiger partial charge in [-0.2, -0.15) is 13.2 Å². The summed E-state index contributed by atoms with van der Waals surface area (Å²) in [6.07, 6.45) is -4.50. The topological polar surface area (TPSA) is 81.8 Å². The summed E-state index contributed by atoms with van der Waals surface area (Å²) in [5, 5.41) is 5.07. The monoisotopic (exact) mass is 462 g/mol. The number of anilines is 1. The number of amides is 3. The Morgan fingerprint density at radius 3 is 2.45 bits per heavy atom. The van der Waals surface area contributed by atoms with Crippen molar-refractivity contribution < 1.29 is 27.6 Å². The van der Waals surface area contributed by atoms with Gasteiger partial charge >= 0.3 is 6.18 Å². The molecule has 0 unspecified atom stereocenters. The van der Waals surface area contributed by atoms with Gasteiger partial charge in [0.05, 0.1) is 18.2 Å². The zero-order chi connectivity index (χ0) is 24.2. The van der Waals surface area contributed by atoms with E-state index in [0.717, 1.165) is 17.7 Å². The molecule has 0 aromatic heterocycles. The number of rotatable bonds is 5. The number of nitrogens with zero attached hydrogens (tertiary/aromatic N) is 2. The molecule has 0 radical (unpaired) electrons. The predicted octanol–water partition coefficient (Wildman–Crippen LogP) is 2.91. The smallest absolute Gasteiger partial charge is 0.355 e. The lowest BCUT2D eigenvalue weighted by molar-refractivity contribution is -0.137. The van der Waals surface area contributed by atoms with Crippen molar-refractivity contribution in [3.63, 3.8) is 0 Å². The van der Waals surface area contributed by atoms with Gasteiger partial charge in [-0.25, -0.2) is 0 Å². The van der Waals surface area contributed by atoms with Crippen molar-refractivity contribution >= 4 is 23.4 Å². The minimum Gasteiger partial charge on any atom is -0.355 e. The second-order valence-electron chi connectivity index (χ2n) is 7.79. The Morgan fingerprint density at radius 2 is 1.79 bits per heavy atom. The van der Waals surface area contributed by atoms with E-state index in [9.17, 15) is 27.6 Å². The fourth-order valence-corrected chi connectivity index (χ4v) is 3.85. The van der Waals surface area contributed by atoms with E-state index in [2.05, 4.69) is 10.6 Å². The quantitative estimate of drug-likeness (QED) is 0.716. The highest BCUT2D eigenvalue weighted by molar-refractivity contribution is 5.94. The molecule has 1 aliphatic rings. The van der Waals surface area contributed by atoms with Crippen LogP contribution in [0.3, 0.4) is 0 Å². The van der Waals surface area contributed by atoms with Gasteiger partial charge in [0.15, 0.2) is 0 Å². The second-order valence-corrected chi connectivity index (χ2v) is 7.79. The highest BCUT2D eigenvalue weighted by atomic mass is 19.4. The van der Waals surface area contributed by atoms with Crippen LogP contribution in [0.2, 0.25) is 0 Å². The number of halogens is 3. The standard InChI is InChI=1S/C23H25F3N4O3/c1-15(31)30-10-9-29(13-20(30)16-5-3-6-17(11-16)22(33)27-2)14-21(32)28-19-8-4-7-18(12-19)23(24,25)26/h3-8,11-12,20H,9-10,13-14H2,1-2H3,(H,27,33)(H,28,32)/t20-/m1/s1. The Kier molecular flexibility index (Phi) is 7.37. The first kappa shape index (κ1) is 24.2. The van der Waals surface area contributed by atoms with E-state index in [-0.39, 0.29) is 30.1 Å². The van der Waals surface area contributed by atoms with Crippen molar-refractivity contribution in [3.8, 4) is 0 Å². The van der Waals surface area contributed by atoms with Crippen LogP contribution in [-0.4, -0.2) is 60.7 Å². The molecule has 0 saturated carbocycles. The average Bonchev–Trinajstić information content (AvgIpc) is 2.78. The number of carbonyl (C=O) groups excluding carboxylic acids is 3. The van der Waals surface area contributed by atoms with Crippen LogP contribution in [0.25, 0.3) is 0 Å². The molecule has 3 rings (SSSR count). The molecule has 1 heterocycles. The Morgan fingerprint density at radius 1 is 1.06 bits per heavy atom. The zero-order valence-electron chi connectivity index (χ0n) is 18.3. The number of nitrogens with one attached hydrogen (secondary N) is 2. The van der Waals surface area contributed by atoms with Crippen molar-refractivity contribution in [2.45, 2.75) is 19.1 Å². The lowest BCUT2D eigenvalue weighted by Crippen LogP contribution is -2.51. The van der Waals surface area contributed by atoms with Crippen molar-refractivity contribution in [1.82, 2.24) is 15.1 Å². The molecular formula is C23H25F3N4O3. The van der Waals surface area contributed by atoms with E-state index in [0.29, 0.717) is 25.2 Å². The van der Waals surface area contributed by atoms with Crippen LogP contribution in [0.5, 0.6) is 0 Å². The maximum absolute atomic E-state index is 12.9. The molecule has 33 heavy (non-hydrogen) atoms. The number of hydrogen-bond donors (Lipinski definition) is 2. The molecule has 0 bridgehead atoms. The van der Waals surface area contributed by atoms with Crippen LogP contribution < -0.4 is 10.6 Å². The molecule has 176 valence electrons. The van der Waals surface area contributed by atoms with Gasteiger partial charge in [0.25, 0.3) is 5.91 Å². The molecule has 3 amide bonds. The van der Waals surface area contributed by atoms with Gasteiger partial charge in [0.2, 0.25) is 11.8 Å². The van der Waals surface area contributed by atoms with Gasteiger partial charge < -0.3 is 15.5 Å². The third kappa shape index (κ3) is 6.10. The van der Waals surface area contributed by atoms with E-state index in [4.69, 9.17) is 0 Å². The molecule has 2 aromatic rings. The van der Waals surface area contributed by atoms with E-state index in [1.807, 2.05) is 11.0 Å². The highest BCUT2D eigenvalue weighted by Gasteiger charge is 2.32. The van der Waals surface area contributed by atoms with Gasteiger partial charge in [-0.3, -0.25) is 19.3 Å². The highest BCUT2D eigenvalue weighted by Crippen LogP contribution is 2.31. The average molecular weight is 462 g/mol. The fourth-order valence-electron chi connectivity index (χ4n) is 3.85. The van der Waals surface area contributed by atoms with E-state index < -0.39 is 17.6 Å². The Hall–Kier alpha value is -3.40. The summed E-state index contributed by atoms with van der Waals surface area (Å²) in [7, 11) is 1.53. The molecule has 2 aromatic carbocycles. The minimum atomic E-state index is -4.50. The maximum Gasteiger partial charge on any atom is 0.416 e. The molecule has 0 spiro atoms. The summed E-state index contributed by atoms with van der Waals surface area (Å²) in [5.41, 5.74) is 0.436. The van der Waals surface area contributed by atoms with Crippen molar-refractivity contribution in [1.29, 1.82) is 0 Å². The largest absolute Gasteiger partial charge is 0.416 e. The molecular weight excluding hydrogens is 437 g/mol. The molecule has 0 aliphatic carbocycles. The van der Waals surface area contributed by atoms with Crippen LogP contribution in [-0.2, 0) is 15.8 Å². The van der Waals surface area contributed by atoms with Gasteiger partial charge in [0, 0.05) is 44.9 Å². The lowest BCUT2D eigenvalue weighted by atomic mass is 9.99. The number of carbonyl (C=O) groups is 3. The first-order valence-electron chi connectivity index (χ1n) is 10.4. The molecule has 1 saturated heterocycles. The maximum atomic E-state index is 12.9. The summed E-state index contributed by atoms with van der Waals surface area (Å²) < 4.78 is 38.7. The molecule has 1 atom stereocenters. The number of benzene rings is 2. The van der Waals surface area contributed by atoms with E-state index >= 15 is 0 Å². The zero-order valence-corrected chi connectivity index (χ0v) is 18.3.